The maximum Gasteiger partial charge on any atom is 0.255 e. The number of hydrogen-bond acceptors (Lipinski definition) is 3. The number of nitrogens with one attached hydrogen (secondary N) is 2. The van der Waals surface area contributed by atoms with E-state index in [0.29, 0.717) is 11.3 Å². The molecule has 7 heteroatoms. The second-order valence-corrected chi connectivity index (χ2v) is 7.50. The molecule has 1 amide bonds. The fourth-order valence-electron chi connectivity index (χ4n) is 2.09. The molecule has 2 rings (SSSR count). The van der Waals surface area contributed by atoms with Crippen molar-refractivity contribution in [1.29, 1.82) is 0 Å². The molecule has 0 saturated heterocycles. The molecule has 122 valence electrons. The summed E-state index contributed by atoms with van der Waals surface area (Å²) in [6, 6.07) is 10.1. The Kier molecular flexibility index (Phi) is 4.97. The van der Waals surface area contributed by atoms with E-state index < -0.39 is 10.0 Å². The van der Waals surface area contributed by atoms with E-state index >= 15 is 0 Å². The average molecular weight is 353 g/mol. The molecular formula is C16H17ClN2O3S. The first-order chi connectivity index (χ1) is 10.7. The van der Waals surface area contributed by atoms with Crippen LogP contribution in [0.2, 0.25) is 5.02 Å². The van der Waals surface area contributed by atoms with Crippen LogP contribution >= 0.6 is 11.6 Å². The van der Waals surface area contributed by atoms with Crippen LogP contribution in [-0.2, 0) is 10.0 Å². The molecule has 0 saturated carbocycles. The summed E-state index contributed by atoms with van der Waals surface area (Å²) in [5.41, 5.74) is 3.23. The number of carbonyl (C=O) groups excluding carboxylic acids is 1. The smallest absolute Gasteiger partial charge is 0.255 e. The Bertz CT molecular complexity index is 864. The van der Waals surface area contributed by atoms with Gasteiger partial charge in [-0.3, -0.25) is 9.52 Å². The van der Waals surface area contributed by atoms with Crippen LogP contribution in [0.5, 0.6) is 0 Å². The minimum Gasteiger partial charge on any atom is -0.322 e. The van der Waals surface area contributed by atoms with Crippen LogP contribution in [0.3, 0.4) is 0 Å². The van der Waals surface area contributed by atoms with Gasteiger partial charge in [-0.1, -0.05) is 29.3 Å². The van der Waals surface area contributed by atoms with Crippen LogP contribution in [0.15, 0.2) is 36.4 Å². The van der Waals surface area contributed by atoms with Gasteiger partial charge >= 0.3 is 0 Å². The quantitative estimate of drug-likeness (QED) is 0.883. The van der Waals surface area contributed by atoms with Gasteiger partial charge in [-0.15, -0.1) is 0 Å². The Hall–Kier alpha value is -2.05. The van der Waals surface area contributed by atoms with Crippen molar-refractivity contribution in [2.75, 3.05) is 16.3 Å². The highest BCUT2D eigenvalue weighted by molar-refractivity contribution is 7.92. The second-order valence-electron chi connectivity index (χ2n) is 5.34. The summed E-state index contributed by atoms with van der Waals surface area (Å²) < 4.78 is 25.0. The fraction of sp³-hybridized carbons (Fsp3) is 0.188. The summed E-state index contributed by atoms with van der Waals surface area (Å²) in [7, 11) is -3.48. The predicted molar refractivity (Wildman–Crippen MR) is 93.8 cm³/mol. The van der Waals surface area contributed by atoms with E-state index in [1.54, 1.807) is 0 Å². The Morgan fingerprint density at radius 2 is 1.74 bits per heavy atom. The van der Waals surface area contributed by atoms with Crippen molar-refractivity contribution in [1.82, 2.24) is 0 Å². The van der Waals surface area contributed by atoms with Crippen molar-refractivity contribution >= 4 is 38.9 Å². The molecule has 0 aliphatic heterocycles. The van der Waals surface area contributed by atoms with E-state index in [9.17, 15) is 13.2 Å². The van der Waals surface area contributed by atoms with E-state index in [4.69, 9.17) is 11.6 Å². The van der Waals surface area contributed by atoms with Crippen LogP contribution in [0.1, 0.15) is 21.5 Å². The fourth-order valence-corrected chi connectivity index (χ4v) is 2.88. The van der Waals surface area contributed by atoms with Gasteiger partial charge in [0.25, 0.3) is 5.91 Å². The largest absolute Gasteiger partial charge is 0.322 e. The van der Waals surface area contributed by atoms with Gasteiger partial charge in [0.2, 0.25) is 10.0 Å². The molecule has 5 nitrogen and oxygen atoms in total. The number of sulfonamides is 1. The maximum atomic E-state index is 12.3. The van der Waals surface area contributed by atoms with Crippen molar-refractivity contribution in [2.45, 2.75) is 13.8 Å². The first-order valence-corrected chi connectivity index (χ1v) is 9.08. The Morgan fingerprint density at radius 3 is 2.35 bits per heavy atom. The summed E-state index contributed by atoms with van der Waals surface area (Å²) in [5, 5.41) is 3.02. The highest BCUT2D eigenvalue weighted by Gasteiger charge is 2.12. The van der Waals surface area contributed by atoms with Gasteiger partial charge in [-0.25, -0.2) is 8.42 Å². The summed E-state index contributed by atoms with van der Waals surface area (Å²) in [4.78, 5) is 12.3. The number of anilines is 2. The highest BCUT2D eigenvalue weighted by atomic mass is 35.5. The van der Waals surface area contributed by atoms with Crippen molar-refractivity contribution in [3.05, 3.63) is 58.1 Å². The summed E-state index contributed by atoms with van der Waals surface area (Å²) in [6.07, 6.45) is 1.02. The lowest BCUT2D eigenvalue weighted by atomic mass is 10.1. The van der Waals surface area contributed by atoms with Crippen molar-refractivity contribution in [3.8, 4) is 0 Å². The van der Waals surface area contributed by atoms with Crippen LogP contribution in [0.4, 0.5) is 11.4 Å². The predicted octanol–water partition coefficient (Wildman–Crippen LogP) is 3.58. The molecule has 0 aliphatic carbocycles. The molecule has 0 atom stereocenters. The van der Waals surface area contributed by atoms with Gasteiger partial charge in [0.05, 0.1) is 17.0 Å². The maximum absolute atomic E-state index is 12.3. The molecule has 0 bridgehead atoms. The third-order valence-electron chi connectivity index (χ3n) is 3.15. The van der Waals surface area contributed by atoms with Crippen molar-refractivity contribution in [2.24, 2.45) is 0 Å². The molecule has 0 radical (unpaired) electrons. The number of benzene rings is 2. The number of halogens is 1. The number of aryl methyl sites for hydroxylation is 2. The van der Waals surface area contributed by atoms with Gasteiger partial charge < -0.3 is 5.32 Å². The lowest BCUT2D eigenvalue weighted by Gasteiger charge is -2.11. The van der Waals surface area contributed by atoms with Gasteiger partial charge in [-0.05, 0) is 43.7 Å². The van der Waals surface area contributed by atoms with Crippen LogP contribution in [-0.4, -0.2) is 20.6 Å². The molecule has 0 unspecified atom stereocenters. The Balaban J connectivity index is 2.27. The van der Waals surface area contributed by atoms with Crippen molar-refractivity contribution in [3.63, 3.8) is 0 Å². The van der Waals surface area contributed by atoms with Crippen LogP contribution in [0.25, 0.3) is 0 Å². The lowest BCUT2D eigenvalue weighted by Crippen LogP contribution is -2.14. The van der Waals surface area contributed by atoms with E-state index in [-0.39, 0.29) is 16.6 Å². The van der Waals surface area contributed by atoms with E-state index in [1.807, 2.05) is 32.0 Å². The van der Waals surface area contributed by atoms with Crippen molar-refractivity contribution < 1.29 is 13.2 Å². The minimum atomic E-state index is -3.48. The van der Waals surface area contributed by atoms with E-state index in [0.717, 1.165) is 17.4 Å². The molecule has 0 spiro atoms. The van der Waals surface area contributed by atoms with Crippen LogP contribution in [0, 0.1) is 13.8 Å². The highest BCUT2D eigenvalue weighted by Crippen LogP contribution is 2.25. The van der Waals surface area contributed by atoms with Crippen LogP contribution < -0.4 is 10.0 Å². The van der Waals surface area contributed by atoms with Gasteiger partial charge in [0, 0.05) is 11.3 Å². The number of rotatable bonds is 4. The molecule has 2 aromatic carbocycles. The van der Waals surface area contributed by atoms with E-state index in [2.05, 4.69) is 10.0 Å². The Morgan fingerprint density at radius 1 is 1.04 bits per heavy atom. The minimum absolute atomic E-state index is 0.169. The molecule has 0 heterocycles. The molecule has 2 N–H and O–H groups in total. The number of hydrogen-bond donors (Lipinski definition) is 2. The zero-order chi connectivity index (χ0) is 17.2. The second kappa shape index (κ2) is 6.60. The molecule has 0 aromatic heterocycles. The molecular weight excluding hydrogens is 336 g/mol. The standard InChI is InChI=1S/C16H17ClN2O3S/c1-10-4-7-14(11(2)8-10)18-16(20)12-5-6-13(17)15(9-12)19-23(3,21)22/h4-9,19H,1-3H3,(H,18,20). The third-order valence-corrected chi connectivity index (χ3v) is 4.07. The van der Waals surface area contributed by atoms with Gasteiger partial charge in [-0.2, -0.15) is 0 Å². The first kappa shape index (κ1) is 17.3. The lowest BCUT2D eigenvalue weighted by molar-refractivity contribution is 0.102. The van der Waals surface area contributed by atoms with Gasteiger partial charge in [0.1, 0.15) is 0 Å². The SMILES string of the molecule is Cc1ccc(NC(=O)c2ccc(Cl)c(NS(C)(=O)=O)c2)c(C)c1. The zero-order valence-electron chi connectivity index (χ0n) is 13.0. The summed E-state index contributed by atoms with van der Waals surface area (Å²) in [5.74, 6) is -0.342. The monoisotopic (exact) mass is 352 g/mol. The summed E-state index contributed by atoms with van der Waals surface area (Å²) >= 11 is 5.95. The number of amides is 1. The topological polar surface area (TPSA) is 75.3 Å². The average Bonchev–Trinajstić information content (AvgIpc) is 2.42. The molecule has 23 heavy (non-hydrogen) atoms. The van der Waals surface area contributed by atoms with Gasteiger partial charge in [0.15, 0.2) is 0 Å². The molecule has 2 aromatic rings. The van der Waals surface area contributed by atoms with E-state index in [1.165, 1.54) is 18.2 Å². The first-order valence-electron chi connectivity index (χ1n) is 6.81. The third kappa shape index (κ3) is 4.71. The zero-order valence-corrected chi connectivity index (χ0v) is 14.5. The Labute approximate surface area is 140 Å². The normalized spacial score (nSPS) is 11.1. The molecule has 0 aliphatic rings. The summed E-state index contributed by atoms with van der Waals surface area (Å²) in [6.45, 7) is 3.88. The number of carbonyl (C=O) groups is 1. The molecule has 0 fully saturated rings.